The average Bonchev–Trinajstić information content (AvgIpc) is 2.84. The maximum absolute atomic E-state index is 12.4. The Hall–Kier alpha value is -0.960. The Bertz CT molecular complexity index is 424. The number of carbonyl (C=O) groups is 1. The van der Waals surface area contributed by atoms with E-state index in [4.69, 9.17) is 0 Å². The van der Waals surface area contributed by atoms with Gasteiger partial charge in [-0.25, -0.2) is 0 Å². The van der Waals surface area contributed by atoms with Crippen LogP contribution in [0.5, 0.6) is 0 Å². The number of benzene rings is 1. The number of hydrogen-bond acceptors (Lipinski definition) is 2. The lowest BCUT2D eigenvalue weighted by Gasteiger charge is -2.25. The minimum absolute atomic E-state index is 0.130. The lowest BCUT2D eigenvalue weighted by atomic mass is 10.1. The van der Waals surface area contributed by atoms with Crippen LogP contribution < -0.4 is 0 Å². The van der Waals surface area contributed by atoms with Crippen molar-refractivity contribution in [2.45, 2.75) is 43.5 Å². The summed E-state index contributed by atoms with van der Waals surface area (Å²) in [5, 5.41) is 0. The third-order valence-electron chi connectivity index (χ3n) is 3.64. The predicted octanol–water partition coefficient (Wildman–Crippen LogP) is 3.30. The van der Waals surface area contributed by atoms with Crippen LogP contribution in [0.3, 0.4) is 0 Å². The first-order chi connectivity index (χ1) is 8.09. The van der Waals surface area contributed by atoms with Crippen LogP contribution in [0.1, 0.15) is 41.6 Å². The summed E-state index contributed by atoms with van der Waals surface area (Å²) in [5.41, 5.74) is 1.81. The van der Waals surface area contributed by atoms with E-state index in [-0.39, 0.29) is 5.91 Å². The van der Waals surface area contributed by atoms with Crippen molar-refractivity contribution in [2.75, 3.05) is 7.05 Å². The number of carbonyl (C=O) groups excluding carboxylic acids is 1. The van der Waals surface area contributed by atoms with E-state index in [0.29, 0.717) is 6.04 Å². The normalized spacial score (nSPS) is 16.2. The maximum atomic E-state index is 12.4. The molecule has 3 heteroatoms. The second kappa shape index (κ2) is 5.13. The Morgan fingerprint density at radius 2 is 2.00 bits per heavy atom. The smallest absolute Gasteiger partial charge is 0.254 e. The fourth-order valence-corrected chi connectivity index (χ4v) is 2.69. The van der Waals surface area contributed by atoms with Crippen LogP contribution in [-0.4, -0.2) is 23.9 Å². The minimum atomic E-state index is 0.130. The SMILES string of the molecule is Cc1ccc(S)cc1C(=O)N(C)C1CCCC1. The van der Waals surface area contributed by atoms with Gasteiger partial charge in [-0.05, 0) is 37.5 Å². The topological polar surface area (TPSA) is 20.3 Å². The molecular weight excluding hydrogens is 230 g/mol. The first-order valence-electron chi connectivity index (χ1n) is 6.16. The molecule has 17 heavy (non-hydrogen) atoms. The molecule has 1 saturated carbocycles. The van der Waals surface area contributed by atoms with E-state index in [1.807, 2.05) is 37.1 Å². The monoisotopic (exact) mass is 249 g/mol. The van der Waals surface area contributed by atoms with Crippen LogP contribution in [0.25, 0.3) is 0 Å². The molecule has 0 heterocycles. The number of nitrogens with zero attached hydrogens (tertiary/aromatic N) is 1. The predicted molar refractivity (Wildman–Crippen MR) is 72.8 cm³/mol. The molecule has 2 nitrogen and oxygen atoms in total. The molecule has 1 amide bonds. The van der Waals surface area contributed by atoms with Crippen molar-refractivity contribution in [3.8, 4) is 0 Å². The highest BCUT2D eigenvalue weighted by Crippen LogP contribution is 2.25. The molecule has 1 aliphatic rings. The first-order valence-corrected chi connectivity index (χ1v) is 6.61. The fraction of sp³-hybridized carbons (Fsp3) is 0.500. The van der Waals surface area contributed by atoms with Crippen LogP contribution in [0.2, 0.25) is 0 Å². The van der Waals surface area contributed by atoms with E-state index in [2.05, 4.69) is 12.6 Å². The van der Waals surface area contributed by atoms with Gasteiger partial charge in [-0.15, -0.1) is 12.6 Å². The van der Waals surface area contributed by atoms with Gasteiger partial charge in [-0.2, -0.15) is 0 Å². The van der Waals surface area contributed by atoms with Gasteiger partial charge in [-0.3, -0.25) is 4.79 Å². The maximum Gasteiger partial charge on any atom is 0.254 e. The van der Waals surface area contributed by atoms with E-state index < -0.39 is 0 Å². The Morgan fingerprint density at radius 3 is 2.65 bits per heavy atom. The van der Waals surface area contributed by atoms with Gasteiger partial charge < -0.3 is 4.90 Å². The zero-order valence-electron chi connectivity index (χ0n) is 10.4. The molecule has 0 saturated heterocycles. The molecular formula is C14H19NOS. The number of rotatable bonds is 2. The van der Waals surface area contributed by atoms with Crippen molar-refractivity contribution in [2.24, 2.45) is 0 Å². The summed E-state index contributed by atoms with van der Waals surface area (Å²) in [6, 6.07) is 6.17. The Morgan fingerprint density at radius 1 is 1.35 bits per heavy atom. The highest BCUT2D eigenvalue weighted by atomic mass is 32.1. The molecule has 1 aromatic carbocycles. The third-order valence-corrected chi connectivity index (χ3v) is 3.92. The summed E-state index contributed by atoms with van der Waals surface area (Å²) in [4.78, 5) is 15.1. The summed E-state index contributed by atoms with van der Waals surface area (Å²) in [5.74, 6) is 0.130. The van der Waals surface area contributed by atoms with Crippen LogP contribution in [0.15, 0.2) is 23.1 Å². The molecule has 1 aromatic rings. The summed E-state index contributed by atoms with van der Waals surface area (Å²) in [7, 11) is 1.92. The van der Waals surface area contributed by atoms with Gasteiger partial charge >= 0.3 is 0 Å². The van der Waals surface area contributed by atoms with Gasteiger partial charge in [0.2, 0.25) is 0 Å². The third kappa shape index (κ3) is 2.65. The van der Waals surface area contributed by atoms with Crippen molar-refractivity contribution in [1.29, 1.82) is 0 Å². The minimum Gasteiger partial charge on any atom is -0.339 e. The molecule has 0 atom stereocenters. The molecule has 1 aliphatic carbocycles. The van der Waals surface area contributed by atoms with Crippen LogP contribution >= 0.6 is 12.6 Å². The Balaban J connectivity index is 2.20. The van der Waals surface area contributed by atoms with Gasteiger partial charge in [0.05, 0.1) is 0 Å². The van der Waals surface area contributed by atoms with Crippen LogP contribution in [0, 0.1) is 6.92 Å². The lowest BCUT2D eigenvalue weighted by molar-refractivity contribution is 0.0734. The van der Waals surface area contributed by atoms with E-state index >= 15 is 0 Å². The van der Waals surface area contributed by atoms with E-state index in [1.54, 1.807) is 0 Å². The molecule has 0 bridgehead atoms. The molecule has 0 aromatic heterocycles. The van der Waals surface area contributed by atoms with Gasteiger partial charge in [0.15, 0.2) is 0 Å². The van der Waals surface area contributed by atoms with Crippen molar-refractivity contribution in [3.63, 3.8) is 0 Å². The Labute approximate surface area is 108 Å². The van der Waals surface area contributed by atoms with Crippen LogP contribution in [-0.2, 0) is 0 Å². The van der Waals surface area contributed by atoms with Gasteiger partial charge in [0.1, 0.15) is 0 Å². The average molecular weight is 249 g/mol. The van der Waals surface area contributed by atoms with Gasteiger partial charge in [0.25, 0.3) is 5.91 Å². The van der Waals surface area contributed by atoms with E-state index in [1.165, 1.54) is 12.8 Å². The van der Waals surface area contributed by atoms with Crippen LogP contribution in [0.4, 0.5) is 0 Å². The molecule has 0 spiro atoms. The van der Waals surface area contributed by atoms with Gasteiger partial charge in [0, 0.05) is 23.5 Å². The standard InChI is InChI=1S/C14H19NOS/c1-10-7-8-12(17)9-13(10)14(16)15(2)11-5-3-4-6-11/h7-9,11,17H,3-6H2,1-2H3. The largest absolute Gasteiger partial charge is 0.339 e. The summed E-state index contributed by atoms with van der Waals surface area (Å²) in [6.45, 7) is 1.98. The molecule has 0 unspecified atom stereocenters. The summed E-state index contributed by atoms with van der Waals surface area (Å²) < 4.78 is 0. The quantitative estimate of drug-likeness (QED) is 0.797. The summed E-state index contributed by atoms with van der Waals surface area (Å²) >= 11 is 4.30. The van der Waals surface area contributed by atoms with Crippen molar-refractivity contribution in [1.82, 2.24) is 4.90 Å². The van der Waals surface area contributed by atoms with Crippen molar-refractivity contribution in [3.05, 3.63) is 29.3 Å². The van der Waals surface area contributed by atoms with Crippen molar-refractivity contribution < 1.29 is 4.79 Å². The first kappa shape index (κ1) is 12.5. The number of thiol groups is 1. The molecule has 1 fully saturated rings. The second-order valence-corrected chi connectivity index (χ2v) is 5.37. The molecule has 2 rings (SSSR count). The van der Waals surface area contributed by atoms with Crippen molar-refractivity contribution >= 4 is 18.5 Å². The van der Waals surface area contributed by atoms with Gasteiger partial charge in [-0.1, -0.05) is 18.9 Å². The molecule has 0 N–H and O–H groups in total. The lowest BCUT2D eigenvalue weighted by Crippen LogP contribution is -2.35. The molecule has 0 radical (unpaired) electrons. The molecule has 0 aliphatic heterocycles. The molecule has 92 valence electrons. The Kier molecular flexibility index (Phi) is 3.77. The van der Waals surface area contributed by atoms with E-state index in [9.17, 15) is 4.79 Å². The summed E-state index contributed by atoms with van der Waals surface area (Å²) in [6.07, 6.45) is 4.77. The zero-order chi connectivity index (χ0) is 12.4. The number of hydrogen-bond donors (Lipinski definition) is 1. The van der Waals surface area contributed by atoms with E-state index in [0.717, 1.165) is 28.9 Å². The highest BCUT2D eigenvalue weighted by Gasteiger charge is 2.24. The highest BCUT2D eigenvalue weighted by molar-refractivity contribution is 7.80. The number of aryl methyl sites for hydroxylation is 1. The zero-order valence-corrected chi connectivity index (χ0v) is 11.3. The fourth-order valence-electron chi connectivity index (χ4n) is 2.49. The number of amides is 1. The second-order valence-electron chi connectivity index (χ2n) is 4.85.